The molecule has 2 N–H and O–H groups in total. The van der Waals surface area contributed by atoms with Crippen LogP contribution in [0, 0.1) is 13.8 Å². The normalized spacial score (nSPS) is 16.7. The molecule has 130 valence electrons. The van der Waals surface area contributed by atoms with E-state index in [9.17, 15) is 4.79 Å². The third kappa shape index (κ3) is 4.16. The molecule has 6 heteroatoms. The monoisotopic (exact) mass is 348 g/mol. The molecule has 1 aliphatic rings. The van der Waals surface area contributed by atoms with Crippen LogP contribution in [0.4, 0.5) is 0 Å². The minimum absolute atomic E-state index is 0. The fraction of sp³-hybridized carbons (Fsp3) is 0.444. The van der Waals surface area contributed by atoms with Crippen LogP contribution in [0.2, 0.25) is 0 Å². The van der Waals surface area contributed by atoms with Gasteiger partial charge in [-0.2, -0.15) is 5.10 Å². The van der Waals surface area contributed by atoms with Gasteiger partial charge in [-0.1, -0.05) is 18.2 Å². The molecule has 0 aliphatic carbocycles. The average Bonchev–Trinajstić information content (AvgIpc) is 3.15. The van der Waals surface area contributed by atoms with E-state index in [2.05, 4.69) is 15.7 Å². The molecule has 24 heavy (non-hydrogen) atoms. The highest BCUT2D eigenvalue weighted by Crippen LogP contribution is 2.17. The summed E-state index contributed by atoms with van der Waals surface area (Å²) in [5.41, 5.74) is 4.18. The molecule has 2 heterocycles. The minimum Gasteiger partial charge on any atom is -0.352 e. The van der Waals surface area contributed by atoms with Crippen molar-refractivity contribution in [1.82, 2.24) is 20.4 Å². The molecule has 1 amide bonds. The molecule has 1 fully saturated rings. The Labute approximate surface area is 149 Å². The number of carbonyl (C=O) groups excluding carboxylic acids is 1. The van der Waals surface area contributed by atoms with Gasteiger partial charge in [-0.15, -0.1) is 12.4 Å². The Morgan fingerprint density at radius 3 is 2.75 bits per heavy atom. The molecule has 0 radical (unpaired) electrons. The predicted molar refractivity (Wildman–Crippen MR) is 97.8 cm³/mol. The Morgan fingerprint density at radius 2 is 2.08 bits per heavy atom. The molecule has 3 rings (SSSR count). The van der Waals surface area contributed by atoms with Gasteiger partial charge < -0.3 is 10.6 Å². The van der Waals surface area contributed by atoms with Gasteiger partial charge in [-0.3, -0.25) is 4.79 Å². The van der Waals surface area contributed by atoms with Crippen LogP contribution >= 0.6 is 12.4 Å². The van der Waals surface area contributed by atoms with Gasteiger partial charge in [0, 0.05) is 30.3 Å². The number of carbonyl (C=O) groups is 1. The summed E-state index contributed by atoms with van der Waals surface area (Å²) in [5, 5.41) is 11.0. The van der Waals surface area contributed by atoms with E-state index in [4.69, 9.17) is 0 Å². The Bertz CT molecular complexity index is 678. The van der Waals surface area contributed by atoms with E-state index in [1.54, 1.807) is 0 Å². The minimum atomic E-state index is 0. The lowest BCUT2D eigenvalue weighted by Crippen LogP contribution is -2.31. The Hall–Kier alpha value is -1.85. The number of halogens is 1. The van der Waals surface area contributed by atoms with Crippen LogP contribution in [0.1, 0.15) is 36.2 Å². The second-order valence-corrected chi connectivity index (χ2v) is 6.17. The van der Waals surface area contributed by atoms with Gasteiger partial charge in [0.15, 0.2) is 0 Å². The lowest BCUT2D eigenvalue weighted by molar-refractivity contribution is -0.121. The quantitative estimate of drug-likeness (QED) is 0.873. The average molecular weight is 349 g/mol. The van der Waals surface area contributed by atoms with Crippen LogP contribution < -0.4 is 10.6 Å². The SMILES string of the molecule is Cc1nn(-c2ccccc2)c(C)c1CNC(=O)CC1CCCN1.Cl. The van der Waals surface area contributed by atoms with Crippen LogP contribution in [0.3, 0.4) is 0 Å². The molecule has 1 aromatic carbocycles. The van der Waals surface area contributed by atoms with Crippen LogP contribution in [0.15, 0.2) is 30.3 Å². The highest BCUT2D eigenvalue weighted by Gasteiger charge is 2.18. The zero-order valence-corrected chi connectivity index (χ0v) is 15.0. The molecule has 5 nitrogen and oxygen atoms in total. The molecule has 0 saturated carbocycles. The second-order valence-electron chi connectivity index (χ2n) is 6.17. The molecule has 0 spiro atoms. The van der Waals surface area contributed by atoms with Crippen molar-refractivity contribution in [3.63, 3.8) is 0 Å². The first-order valence-corrected chi connectivity index (χ1v) is 8.26. The largest absolute Gasteiger partial charge is 0.352 e. The number of benzene rings is 1. The maximum Gasteiger partial charge on any atom is 0.221 e. The summed E-state index contributed by atoms with van der Waals surface area (Å²) in [6.45, 7) is 5.61. The Morgan fingerprint density at radius 1 is 1.33 bits per heavy atom. The highest BCUT2D eigenvalue weighted by molar-refractivity contribution is 5.85. The fourth-order valence-electron chi connectivity index (χ4n) is 3.17. The molecule has 2 aromatic rings. The maximum atomic E-state index is 12.1. The molecule has 1 aliphatic heterocycles. The zero-order valence-electron chi connectivity index (χ0n) is 14.2. The number of hydrogen-bond donors (Lipinski definition) is 2. The Kier molecular flexibility index (Phi) is 6.40. The molecule has 1 atom stereocenters. The van der Waals surface area contributed by atoms with Crippen molar-refractivity contribution in [3.05, 3.63) is 47.3 Å². The van der Waals surface area contributed by atoms with Gasteiger partial charge in [0.25, 0.3) is 0 Å². The van der Waals surface area contributed by atoms with Crippen molar-refractivity contribution >= 4 is 18.3 Å². The van der Waals surface area contributed by atoms with Crippen LogP contribution in [-0.2, 0) is 11.3 Å². The van der Waals surface area contributed by atoms with E-state index >= 15 is 0 Å². The first-order chi connectivity index (χ1) is 11.1. The van der Waals surface area contributed by atoms with E-state index in [0.29, 0.717) is 19.0 Å². The number of rotatable bonds is 5. The molecule has 0 bridgehead atoms. The summed E-state index contributed by atoms with van der Waals surface area (Å²) in [5.74, 6) is 0.107. The molecule has 1 aromatic heterocycles. The van der Waals surface area contributed by atoms with E-state index in [-0.39, 0.29) is 18.3 Å². The molecular formula is C18H25ClN4O. The van der Waals surface area contributed by atoms with Gasteiger partial charge in [-0.25, -0.2) is 4.68 Å². The van der Waals surface area contributed by atoms with Gasteiger partial charge in [0.1, 0.15) is 0 Å². The highest BCUT2D eigenvalue weighted by atomic mass is 35.5. The van der Waals surface area contributed by atoms with Gasteiger partial charge in [0.2, 0.25) is 5.91 Å². The topological polar surface area (TPSA) is 59.0 Å². The number of aryl methyl sites for hydroxylation is 1. The van der Waals surface area contributed by atoms with Crippen LogP contribution in [0.25, 0.3) is 5.69 Å². The van der Waals surface area contributed by atoms with E-state index in [1.807, 2.05) is 48.9 Å². The fourth-order valence-corrected chi connectivity index (χ4v) is 3.17. The first kappa shape index (κ1) is 18.5. The van der Waals surface area contributed by atoms with Crippen LogP contribution in [0.5, 0.6) is 0 Å². The summed E-state index contributed by atoms with van der Waals surface area (Å²) in [7, 11) is 0. The van der Waals surface area contributed by atoms with E-state index < -0.39 is 0 Å². The lowest BCUT2D eigenvalue weighted by Gasteiger charge is -2.11. The number of aromatic nitrogens is 2. The summed E-state index contributed by atoms with van der Waals surface area (Å²) >= 11 is 0. The number of nitrogens with zero attached hydrogens (tertiary/aromatic N) is 2. The number of para-hydroxylation sites is 1. The van der Waals surface area contributed by atoms with Crippen molar-refractivity contribution in [2.45, 2.75) is 45.7 Å². The van der Waals surface area contributed by atoms with E-state index in [0.717, 1.165) is 35.6 Å². The van der Waals surface area contributed by atoms with Crippen LogP contribution in [-0.4, -0.2) is 28.3 Å². The van der Waals surface area contributed by atoms with Gasteiger partial charge in [-0.05, 0) is 45.4 Å². The third-order valence-electron chi connectivity index (χ3n) is 4.50. The van der Waals surface area contributed by atoms with E-state index in [1.165, 1.54) is 6.42 Å². The first-order valence-electron chi connectivity index (χ1n) is 8.26. The standard InChI is InChI=1S/C18H24N4O.ClH/c1-13-17(12-20-18(23)11-15-7-6-10-19-15)14(2)22(21-13)16-8-4-3-5-9-16;/h3-5,8-9,15,19H,6-7,10-12H2,1-2H3,(H,20,23);1H. The molecule has 1 unspecified atom stereocenters. The molecular weight excluding hydrogens is 324 g/mol. The predicted octanol–water partition coefficient (Wildman–Crippen LogP) is 2.67. The maximum absolute atomic E-state index is 12.1. The smallest absolute Gasteiger partial charge is 0.221 e. The summed E-state index contributed by atoms with van der Waals surface area (Å²) < 4.78 is 1.94. The third-order valence-corrected chi connectivity index (χ3v) is 4.50. The van der Waals surface area contributed by atoms with Crippen molar-refractivity contribution < 1.29 is 4.79 Å². The Balaban J connectivity index is 0.00000208. The van der Waals surface area contributed by atoms with Crippen molar-refractivity contribution in [2.24, 2.45) is 0 Å². The van der Waals surface area contributed by atoms with Crippen molar-refractivity contribution in [2.75, 3.05) is 6.54 Å². The number of hydrogen-bond acceptors (Lipinski definition) is 3. The number of nitrogens with one attached hydrogen (secondary N) is 2. The zero-order chi connectivity index (χ0) is 16.2. The summed E-state index contributed by atoms with van der Waals surface area (Å²) in [6.07, 6.45) is 2.82. The lowest BCUT2D eigenvalue weighted by atomic mass is 10.1. The van der Waals surface area contributed by atoms with Crippen molar-refractivity contribution in [1.29, 1.82) is 0 Å². The summed E-state index contributed by atoms with van der Waals surface area (Å²) in [4.78, 5) is 12.1. The van der Waals surface area contributed by atoms with Crippen molar-refractivity contribution in [3.8, 4) is 5.69 Å². The summed E-state index contributed by atoms with van der Waals surface area (Å²) in [6, 6.07) is 10.4. The molecule has 1 saturated heterocycles. The van der Waals surface area contributed by atoms with Gasteiger partial charge in [0.05, 0.1) is 11.4 Å². The second kappa shape index (κ2) is 8.31. The van der Waals surface area contributed by atoms with Gasteiger partial charge >= 0.3 is 0 Å². The number of amides is 1.